The molecule has 0 heterocycles. The van der Waals surface area contributed by atoms with Crippen molar-refractivity contribution in [3.8, 4) is 11.1 Å². The molecule has 2 aromatic rings. The van der Waals surface area contributed by atoms with Crippen LogP contribution in [0.4, 0.5) is 4.79 Å². The van der Waals surface area contributed by atoms with Gasteiger partial charge >= 0.3 is 12.1 Å². The average Bonchev–Trinajstić information content (AvgIpc) is 3.25. The van der Waals surface area contributed by atoms with E-state index in [1.54, 1.807) is 0 Å². The third-order valence-corrected chi connectivity index (χ3v) is 7.78. The van der Waals surface area contributed by atoms with Gasteiger partial charge in [0.15, 0.2) is 0 Å². The van der Waals surface area contributed by atoms with Gasteiger partial charge < -0.3 is 15.2 Å². The second kappa shape index (κ2) is 16.9. The number of benzene rings is 2. The van der Waals surface area contributed by atoms with Crippen LogP contribution >= 0.6 is 0 Å². The maximum Gasteiger partial charge on any atom is 0.407 e. The van der Waals surface area contributed by atoms with E-state index in [-0.39, 0.29) is 12.5 Å². The van der Waals surface area contributed by atoms with E-state index >= 15 is 0 Å². The first kappa shape index (κ1) is 29.7. The minimum absolute atomic E-state index is 0.0396. The lowest BCUT2D eigenvalue weighted by molar-refractivity contribution is -0.139. The van der Waals surface area contributed by atoms with Gasteiger partial charge in [0.05, 0.1) is 0 Å². The monoisotopic (exact) mass is 521 g/mol. The molecule has 5 nitrogen and oxygen atoms in total. The summed E-state index contributed by atoms with van der Waals surface area (Å²) in [7, 11) is 0. The van der Waals surface area contributed by atoms with Crippen LogP contribution in [0.5, 0.6) is 0 Å². The fraction of sp³-hybridized carbons (Fsp3) is 0.576. The normalized spacial score (nSPS) is 13.1. The second-order valence-electron chi connectivity index (χ2n) is 10.7. The number of hydrogen-bond donors (Lipinski definition) is 2. The van der Waals surface area contributed by atoms with E-state index in [2.05, 4.69) is 36.5 Å². The van der Waals surface area contributed by atoms with Gasteiger partial charge in [0.1, 0.15) is 12.6 Å². The number of carboxylic acid groups (broad SMARTS) is 1. The van der Waals surface area contributed by atoms with Crippen molar-refractivity contribution in [2.75, 3.05) is 6.61 Å². The molecule has 0 unspecified atom stereocenters. The highest BCUT2D eigenvalue weighted by Crippen LogP contribution is 2.44. The smallest absolute Gasteiger partial charge is 0.407 e. The van der Waals surface area contributed by atoms with E-state index in [1.807, 2.05) is 24.3 Å². The zero-order chi connectivity index (χ0) is 27.0. The lowest BCUT2D eigenvalue weighted by Crippen LogP contribution is -2.41. The van der Waals surface area contributed by atoms with E-state index in [0.717, 1.165) is 30.4 Å². The second-order valence-corrected chi connectivity index (χ2v) is 10.7. The average molecular weight is 522 g/mol. The summed E-state index contributed by atoms with van der Waals surface area (Å²) in [6, 6.07) is 15.4. The molecule has 0 aromatic heterocycles. The number of nitrogens with one attached hydrogen (secondary N) is 1. The van der Waals surface area contributed by atoms with Crippen LogP contribution < -0.4 is 5.32 Å². The van der Waals surface area contributed by atoms with Crippen LogP contribution in [0, 0.1) is 0 Å². The van der Waals surface area contributed by atoms with Gasteiger partial charge in [-0.25, -0.2) is 9.59 Å². The lowest BCUT2D eigenvalue weighted by atomic mass is 9.98. The van der Waals surface area contributed by atoms with Gasteiger partial charge in [0, 0.05) is 5.92 Å². The zero-order valence-corrected chi connectivity index (χ0v) is 23.3. The highest BCUT2D eigenvalue weighted by molar-refractivity contribution is 5.81. The minimum Gasteiger partial charge on any atom is -0.480 e. The maximum absolute atomic E-state index is 12.5. The van der Waals surface area contributed by atoms with Crippen LogP contribution in [0.2, 0.25) is 0 Å². The highest BCUT2D eigenvalue weighted by atomic mass is 16.5. The topological polar surface area (TPSA) is 75.6 Å². The van der Waals surface area contributed by atoms with Crippen molar-refractivity contribution < 1.29 is 19.4 Å². The predicted octanol–water partition coefficient (Wildman–Crippen LogP) is 8.85. The molecule has 0 spiro atoms. The summed E-state index contributed by atoms with van der Waals surface area (Å²) in [5.41, 5.74) is 4.61. The molecule has 38 heavy (non-hydrogen) atoms. The number of ether oxygens (including phenoxy) is 1. The molecular weight excluding hydrogens is 474 g/mol. The number of alkyl carbamates (subject to hydrolysis) is 1. The molecule has 1 aliphatic rings. The Morgan fingerprint density at radius 1 is 0.737 bits per heavy atom. The molecule has 0 aliphatic heterocycles. The quantitative estimate of drug-likeness (QED) is 0.181. The van der Waals surface area contributed by atoms with Crippen LogP contribution in [0.3, 0.4) is 0 Å². The minimum atomic E-state index is -1.01. The number of rotatable bonds is 19. The van der Waals surface area contributed by atoms with Crippen molar-refractivity contribution in [2.24, 2.45) is 0 Å². The summed E-state index contributed by atoms with van der Waals surface area (Å²) >= 11 is 0. The summed E-state index contributed by atoms with van der Waals surface area (Å²) in [4.78, 5) is 24.2. The van der Waals surface area contributed by atoms with Crippen LogP contribution in [0.25, 0.3) is 11.1 Å². The summed E-state index contributed by atoms with van der Waals surface area (Å²) in [5, 5.41) is 12.2. The first-order valence-electron chi connectivity index (χ1n) is 15.0. The lowest BCUT2D eigenvalue weighted by Gasteiger charge is -2.17. The SMILES string of the molecule is CCCCCCCCCCCCCCCC[C@@H](NC(=O)OCC1c2ccccc2-c2ccccc21)C(=O)O. The first-order chi connectivity index (χ1) is 18.6. The zero-order valence-electron chi connectivity index (χ0n) is 23.3. The molecule has 1 amide bonds. The van der Waals surface area contributed by atoms with Crippen LogP contribution in [0.1, 0.15) is 120 Å². The molecule has 0 radical (unpaired) electrons. The summed E-state index contributed by atoms with van der Waals surface area (Å²) in [5.74, 6) is -1.05. The Bertz CT molecular complexity index is 943. The number of carboxylic acids is 1. The Morgan fingerprint density at radius 2 is 1.18 bits per heavy atom. The largest absolute Gasteiger partial charge is 0.480 e. The predicted molar refractivity (Wildman–Crippen MR) is 155 cm³/mol. The number of hydrogen-bond acceptors (Lipinski definition) is 3. The molecule has 3 rings (SSSR count). The van der Waals surface area contributed by atoms with E-state index in [0.29, 0.717) is 6.42 Å². The highest BCUT2D eigenvalue weighted by Gasteiger charge is 2.29. The Hall–Kier alpha value is -2.82. The fourth-order valence-electron chi connectivity index (χ4n) is 5.58. The third-order valence-electron chi connectivity index (χ3n) is 7.78. The fourth-order valence-corrected chi connectivity index (χ4v) is 5.58. The third kappa shape index (κ3) is 9.49. The van der Waals surface area contributed by atoms with Crippen molar-refractivity contribution >= 4 is 12.1 Å². The molecule has 0 bridgehead atoms. The van der Waals surface area contributed by atoms with Crippen LogP contribution in [-0.2, 0) is 9.53 Å². The molecule has 0 saturated carbocycles. The number of unbranched alkanes of at least 4 members (excludes halogenated alkanes) is 13. The Morgan fingerprint density at radius 3 is 1.66 bits per heavy atom. The number of amides is 1. The van der Waals surface area contributed by atoms with Crippen molar-refractivity contribution in [1.82, 2.24) is 5.32 Å². The molecule has 2 aromatic carbocycles. The van der Waals surface area contributed by atoms with E-state index < -0.39 is 18.1 Å². The summed E-state index contributed by atoms with van der Waals surface area (Å²) in [6.07, 6.45) is 17.3. The van der Waals surface area contributed by atoms with Gasteiger partial charge in [-0.05, 0) is 28.7 Å². The standard InChI is InChI=1S/C33H47NO4/c1-2-3-4-5-6-7-8-9-10-11-12-13-14-15-24-31(32(35)36)34-33(37)38-25-30-28-22-18-16-20-26(28)27-21-17-19-23-29(27)30/h16-23,30-31H,2-15,24-25H2,1H3,(H,34,37)(H,35,36)/t31-/m1/s1. The van der Waals surface area contributed by atoms with E-state index in [1.165, 1.54) is 81.8 Å². The molecular formula is C33H47NO4. The van der Waals surface area contributed by atoms with E-state index in [9.17, 15) is 14.7 Å². The summed E-state index contributed by atoms with van der Waals surface area (Å²) in [6.45, 7) is 2.44. The number of carbonyl (C=O) groups excluding carboxylic acids is 1. The Labute approximate surface area is 229 Å². The first-order valence-corrected chi connectivity index (χ1v) is 15.0. The molecule has 208 valence electrons. The van der Waals surface area contributed by atoms with Gasteiger partial charge in [0.25, 0.3) is 0 Å². The van der Waals surface area contributed by atoms with Crippen molar-refractivity contribution in [3.63, 3.8) is 0 Å². The Kier molecular flexibility index (Phi) is 13.2. The molecule has 2 N–H and O–H groups in total. The number of aliphatic carboxylic acids is 1. The molecule has 5 heteroatoms. The van der Waals surface area contributed by atoms with Gasteiger partial charge in [-0.15, -0.1) is 0 Å². The summed E-state index contributed by atoms with van der Waals surface area (Å²) < 4.78 is 5.53. The van der Waals surface area contributed by atoms with Crippen LogP contribution in [0.15, 0.2) is 48.5 Å². The van der Waals surface area contributed by atoms with Gasteiger partial charge in [0.2, 0.25) is 0 Å². The molecule has 0 saturated heterocycles. The number of carbonyl (C=O) groups is 2. The molecule has 0 fully saturated rings. The van der Waals surface area contributed by atoms with Crippen LogP contribution in [-0.4, -0.2) is 29.8 Å². The van der Waals surface area contributed by atoms with Crippen molar-refractivity contribution in [2.45, 2.75) is 115 Å². The Balaban J connectivity index is 1.28. The molecule has 1 atom stereocenters. The van der Waals surface area contributed by atoms with Gasteiger partial charge in [-0.3, -0.25) is 0 Å². The molecule has 1 aliphatic carbocycles. The van der Waals surface area contributed by atoms with Gasteiger partial charge in [-0.2, -0.15) is 0 Å². The van der Waals surface area contributed by atoms with Crippen molar-refractivity contribution in [3.05, 3.63) is 59.7 Å². The van der Waals surface area contributed by atoms with Gasteiger partial charge in [-0.1, -0.05) is 145 Å². The maximum atomic E-state index is 12.5. The number of fused-ring (bicyclic) bond motifs is 3. The van der Waals surface area contributed by atoms with E-state index in [4.69, 9.17) is 4.74 Å². The van der Waals surface area contributed by atoms with Crippen molar-refractivity contribution in [1.29, 1.82) is 0 Å².